The Morgan fingerprint density at radius 1 is 1.45 bits per heavy atom. The summed E-state index contributed by atoms with van der Waals surface area (Å²) in [5.41, 5.74) is 3.66. The van der Waals surface area contributed by atoms with Crippen LogP contribution in [0.2, 0.25) is 0 Å². The monoisotopic (exact) mass is 306 g/mol. The number of benzene rings is 1. The lowest BCUT2D eigenvalue weighted by atomic mass is 10.3. The Morgan fingerprint density at radius 2 is 2.30 bits per heavy atom. The SMILES string of the molecule is Cc1nnc(SCC(=O)O)n1-c1ccc2ncsc2c1. The summed E-state index contributed by atoms with van der Waals surface area (Å²) in [5, 5.41) is 17.4. The summed E-state index contributed by atoms with van der Waals surface area (Å²) in [4.78, 5) is 14.9. The minimum atomic E-state index is -0.875. The number of carbonyl (C=O) groups is 1. The van der Waals surface area contributed by atoms with E-state index >= 15 is 0 Å². The van der Waals surface area contributed by atoms with Gasteiger partial charge in [-0.1, -0.05) is 11.8 Å². The van der Waals surface area contributed by atoms with Crippen LogP contribution in [-0.2, 0) is 4.79 Å². The van der Waals surface area contributed by atoms with Crippen LogP contribution >= 0.6 is 23.1 Å². The number of carboxylic acids is 1. The molecule has 0 saturated heterocycles. The summed E-state index contributed by atoms with van der Waals surface area (Å²) in [7, 11) is 0. The van der Waals surface area contributed by atoms with E-state index in [9.17, 15) is 4.79 Å². The number of carboxylic acid groups (broad SMARTS) is 1. The van der Waals surface area contributed by atoms with Crippen molar-refractivity contribution in [1.29, 1.82) is 0 Å². The molecule has 0 amide bonds. The predicted molar refractivity (Wildman–Crippen MR) is 77.6 cm³/mol. The highest BCUT2D eigenvalue weighted by atomic mass is 32.2. The van der Waals surface area contributed by atoms with Crippen LogP contribution in [0, 0.1) is 6.92 Å². The van der Waals surface area contributed by atoms with E-state index in [1.807, 2.05) is 29.7 Å². The van der Waals surface area contributed by atoms with Crippen molar-refractivity contribution in [3.63, 3.8) is 0 Å². The van der Waals surface area contributed by atoms with E-state index in [1.165, 1.54) is 0 Å². The molecule has 0 aliphatic heterocycles. The second-order valence-electron chi connectivity index (χ2n) is 4.05. The lowest BCUT2D eigenvalue weighted by Gasteiger charge is -2.07. The van der Waals surface area contributed by atoms with E-state index in [0.717, 1.165) is 33.5 Å². The molecule has 0 unspecified atom stereocenters. The van der Waals surface area contributed by atoms with E-state index in [-0.39, 0.29) is 5.75 Å². The number of rotatable bonds is 4. The molecule has 0 aliphatic rings. The fourth-order valence-electron chi connectivity index (χ4n) is 1.84. The molecule has 2 heterocycles. The molecule has 1 N–H and O–H groups in total. The van der Waals surface area contributed by atoms with Gasteiger partial charge in [0.05, 0.1) is 27.2 Å². The summed E-state index contributed by atoms with van der Waals surface area (Å²) >= 11 is 2.72. The predicted octanol–water partition coefficient (Wildman–Crippen LogP) is 2.36. The van der Waals surface area contributed by atoms with Crippen LogP contribution in [0.15, 0.2) is 28.9 Å². The maximum absolute atomic E-state index is 10.7. The summed E-state index contributed by atoms with van der Waals surface area (Å²) in [5.74, 6) is -0.192. The molecule has 0 atom stereocenters. The smallest absolute Gasteiger partial charge is 0.313 e. The fourth-order valence-corrected chi connectivity index (χ4v) is 3.27. The van der Waals surface area contributed by atoms with Crippen LogP contribution in [0.1, 0.15) is 5.82 Å². The number of thiazole rings is 1. The van der Waals surface area contributed by atoms with E-state index in [0.29, 0.717) is 5.16 Å². The lowest BCUT2D eigenvalue weighted by Crippen LogP contribution is -2.02. The Morgan fingerprint density at radius 3 is 3.10 bits per heavy atom. The van der Waals surface area contributed by atoms with Crippen LogP contribution in [0.25, 0.3) is 15.9 Å². The second kappa shape index (κ2) is 5.22. The van der Waals surface area contributed by atoms with Gasteiger partial charge < -0.3 is 5.11 Å². The van der Waals surface area contributed by atoms with Gasteiger partial charge in [-0.3, -0.25) is 9.36 Å². The van der Waals surface area contributed by atoms with E-state index < -0.39 is 5.97 Å². The number of hydrogen-bond donors (Lipinski definition) is 1. The minimum Gasteiger partial charge on any atom is -0.481 e. The molecule has 6 nitrogen and oxygen atoms in total. The zero-order chi connectivity index (χ0) is 14.1. The largest absolute Gasteiger partial charge is 0.481 e. The van der Waals surface area contributed by atoms with Gasteiger partial charge in [0, 0.05) is 0 Å². The Balaban J connectivity index is 2.03. The third-order valence-electron chi connectivity index (χ3n) is 2.69. The quantitative estimate of drug-likeness (QED) is 0.745. The number of nitrogens with zero attached hydrogens (tertiary/aromatic N) is 4. The number of thioether (sulfide) groups is 1. The summed E-state index contributed by atoms with van der Waals surface area (Å²) in [6, 6.07) is 5.88. The summed E-state index contributed by atoms with van der Waals surface area (Å²) < 4.78 is 2.93. The first-order valence-corrected chi connectivity index (χ1v) is 7.62. The second-order valence-corrected chi connectivity index (χ2v) is 5.88. The van der Waals surface area contributed by atoms with E-state index in [1.54, 1.807) is 16.8 Å². The first-order valence-electron chi connectivity index (χ1n) is 5.75. The van der Waals surface area contributed by atoms with Gasteiger partial charge >= 0.3 is 5.97 Å². The number of aromatic nitrogens is 4. The normalized spacial score (nSPS) is 11.1. The molecule has 3 rings (SSSR count). The molecule has 0 fully saturated rings. The van der Waals surface area contributed by atoms with Crippen molar-refractivity contribution in [2.45, 2.75) is 12.1 Å². The third-order valence-corrected chi connectivity index (χ3v) is 4.40. The van der Waals surface area contributed by atoms with Gasteiger partial charge in [-0.25, -0.2) is 4.98 Å². The van der Waals surface area contributed by atoms with Crippen molar-refractivity contribution in [3.05, 3.63) is 29.5 Å². The maximum Gasteiger partial charge on any atom is 0.313 e. The molecule has 102 valence electrons. The van der Waals surface area contributed by atoms with Crippen molar-refractivity contribution in [2.75, 3.05) is 5.75 Å². The van der Waals surface area contributed by atoms with Gasteiger partial charge in [0.1, 0.15) is 5.82 Å². The van der Waals surface area contributed by atoms with Crippen molar-refractivity contribution in [2.24, 2.45) is 0 Å². The Bertz CT molecular complexity index is 781. The first-order chi connectivity index (χ1) is 9.65. The Labute approximate surface area is 122 Å². The highest BCUT2D eigenvalue weighted by Crippen LogP contribution is 2.25. The van der Waals surface area contributed by atoms with Crippen LogP contribution in [0.5, 0.6) is 0 Å². The molecule has 2 aromatic heterocycles. The van der Waals surface area contributed by atoms with Gasteiger partial charge in [0.2, 0.25) is 0 Å². The van der Waals surface area contributed by atoms with Crippen molar-refractivity contribution >= 4 is 39.3 Å². The highest BCUT2D eigenvalue weighted by Gasteiger charge is 2.13. The first kappa shape index (κ1) is 13.1. The van der Waals surface area contributed by atoms with Crippen molar-refractivity contribution in [1.82, 2.24) is 19.7 Å². The molecule has 0 aliphatic carbocycles. The summed E-state index contributed by atoms with van der Waals surface area (Å²) in [6.45, 7) is 1.84. The van der Waals surface area contributed by atoms with Crippen molar-refractivity contribution in [3.8, 4) is 5.69 Å². The minimum absolute atomic E-state index is 0.0407. The zero-order valence-electron chi connectivity index (χ0n) is 10.5. The van der Waals surface area contributed by atoms with Crippen LogP contribution in [-0.4, -0.2) is 36.6 Å². The zero-order valence-corrected chi connectivity index (χ0v) is 12.1. The molecule has 0 bridgehead atoms. The Hall–Kier alpha value is -1.93. The van der Waals surface area contributed by atoms with Gasteiger partial charge in [0.15, 0.2) is 5.16 Å². The maximum atomic E-state index is 10.7. The average Bonchev–Trinajstić information content (AvgIpc) is 3.01. The molecule has 0 radical (unpaired) electrons. The lowest BCUT2D eigenvalue weighted by molar-refractivity contribution is -0.133. The van der Waals surface area contributed by atoms with Crippen LogP contribution < -0.4 is 0 Å². The van der Waals surface area contributed by atoms with E-state index in [2.05, 4.69) is 15.2 Å². The fraction of sp³-hybridized carbons (Fsp3) is 0.167. The standard InChI is InChI=1S/C12H10N4O2S2/c1-7-14-15-12(19-5-11(17)18)16(7)8-2-3-9-10(4-8)20-6-13-9/h2-4,6H,5H2,1H3,(H,17,18). The molecule has 3 aromatic rings. The summed E-state index contributed by atoms with van der Waals surface area (Å²) in [6.07, 6.45) is 0. The molecular formula is C12H10N4O2S2. The van der Waals surface area contributed by atoms with Crippen LogP contribution in [0.3, 0.4) is 0 Å². The molecule has 20 heavy (non-hydrogen) atoms. The van der Waals surface area contributed by atoms with Crippen LogP contribution in [0.4, 0.5) is 0 Å². The number of aliphatic carboxylic acids is 1. The number of hydrogen-bond acceptors (Lipinski definition) is 6. The molecule has 0 saturated carbocycles. The highest BCUT2D eigenvalue weighted by molar-refractivity contribution is 7.99. The third kappa shape index (κ3) is 2.39. The average molecular weight is 306 g/mol. The number of fused-ring (bicyclic) bond motifs is 1. The topological polar surface area (TPSA) is 80.9 Å². The Kier molecular flexibility index (Phi) is 3.41. The molecule has 1 aromatic carbocycles. The van der Waals surface area contributed by atoms with Crippen molar-refractivity contribution < 1.29 is 9.90 Å². The van der Waals surface area contributed by atoms with Gasteiger partial charge in [-0.05, 0) is 25.1 Å². The van der Waals surface area contributed by atoms with Gasteiger partial charge in [-0.2, -0.15) is 0 Å². The van der Waals surface area contributed by atoms with Gasteiger partial charge in [0.25, 0.3) is 0 Å². The molecule has 0 spiro atoms. The van der Waals surface area contributed by atoms with E-state index in [4.69, 9.17) is 5.11 Å². The molecule has 8 heteroatoms. The molecular weight excluding hydrogens is 296 g/mol. The number of aryl methyl sites for hydroxylation is 1. The van der Waals surface area contributed by atoms with Gasteiger partial charge in [-0.15, -0.1) is 21.5 Å².